The van der Waals surface area contributed by atoms with Crippen LogP contribution in [-0.2, 0) is 0 Å². The second-order valence-corrected chi connectivity index (χ2v) is 7.97. The first kappa shape index (κ1) is 16.6. The van der Waals surface area contributed by atoms with Gasteiger partial charge in [-0.25, -0.2) is 14.5 Å². The summed E-state index contributed by atoms with van der Waals surface area (Å²) in [7, 11) is 0. The van der Waals surface area contributed by atoms with Crippen molar-refractivity contribution in [3.63, 3.8) is 0 Å². The maximum atomic E-state index is 5.82. The van der Waals surface area contributed by atoms with Crippen molar-refractivity contribution in [1.82, 2.24) is 19.6 Å². The Morgan fingerprint density at radius 1 is 1.03 bits per heavy atom. The van der Waals surface area contributed by atoms with Crippen LogP contribution < -0.4 is 10.6 Å². The lowest BCUT2D eigenvalue weighted by molar-refractivity contribution is 0.578. The van der Waals surface area contributed by atoms with E-state index in [0.717, 1.165) is 39.6 Å². The minimum absolute atomic E-state index is 0.496. The van der Waals surface area contributed by atoms with Crippen LogP contribution in [0.1, 0.15) is 31.2 Å². The Hall–Kier alpha value is -3.35. The molecular formula is C22H22N6O. The predicted octanol–water partition coefficient (Wildman–Crippen LogP) is 4.51. The average molecular weight is 386 g/mol. The van der Waals surface area contributed by atoms with E-state index in [9.17, 15) is 0 Å². The average Bonchev–Trinajstić information content (AvgIpc) is 3.63. The normalized spacial score (nSPS) is 16.3. The van der Waals surface area contributed by atoms with Gasteiger partial charge < -0.3 is 15.1 Å². The number of nitrogens with zero attached hydrogens (tertiary/aromatic N) is 4. The number of hydrogen-bond donors (Lipinski definition) is 2. The van der Waals surface area contributed by atoms with Crippen LogP contribution in [0.5, 0.6) is 0 Å². The van der Waals surface area contributed by atoms with Crippen molar-refractivity contribution in [2.45, 2.75) is 44.7 Å². The Bertz CT molecular complexity index is 1200. The molecule has 0 aromatic carbocycles. The summed E-state index contributed by atoms with van der Waals surface area (Å²) in [6, 6.07) is 11.2. The molecule has 0 amide bonds. The van der Waals surface area contributed by atoms with Crippen molar-refractivity contribution >= 4 is 17.3 Å². The highest BCUT2D eigenvalue weighted by Crippen LogP contribution is 2.38. The van der Waals surface area contributed by atoms with Crippen LogP contribution in [0.15, 0.2) is 47.2 Å². The summed E-state index contributed by atoms with van der Waals surface area (Å²) >= 11 is 0. The van der Waals surface area contributed by atoms with Crippen molar-refractivity contribution in [2.75, 3.05) is 10.6 Å². The summed E-state index contributed by atoms with van der Waals surface area (Å²) in [5.41, 5.74) is 4.65. The lowest BCUT2D eigenvalue weighted by Crippen LogP contribution is -2.06. The van der Waals surface area contributed by atoms with Gasteiger partial charge in [-0.3, -0.25) is 0 Å². The maximum absolute atomic E-state index is 5.82. The number of nitrogens with one attached hydrogen (secondary N) is 2. The Morgan fingerprint density at radius 3 is 2.62 bits per heavy atom. The van der Waals surface area contributed by atoms with Gasteiger partial charge in [0.15, 0.2) is 5.76 Å². The van der Waals surface area contributed by atoms with Gasteiger partial charge in [0.05, 0.1) is 23.0 Å². The topological polar surface area (TPSA) is 80.3 Å². The number of furan rings is 1. The van der Waals surface area contributed by atoms with Crippen LogP contribution in [0, 0.1) is 6.92 Å². The fourth-order valence-corrected chi connectivity index (χ4v) is 3.62. The minimum atomic E-state index is 0.496. The zero-order valence-electron chi connectivity index (χ0n) is 16.2. The minimum Gasteiger partial charge on any atom is -0.462 e. The monoisotopic (exact) mass is 386 g/mol. The molecule has 7 nitrogen and oxygen atoms in total. The standard InChI is InChI=1S/C22H22N6O/c1-13-10-12-29-21(13)20-19(16-9-11-23-22(26-16)25-15-7-8-15)17-3-2-4-18(28(17)27-20)24-14-5-6-14/h2-4,9-12,14-15,24H,5-8H2,1H3,(H,23,25,26). The van der Waals surface area contributed by atoms with Gasteiger partial charge in [0.25, 0.3) is 0 Å². The molecule has 4 aromatic rings. The molecule has 2 fully saturated rings. The van der Waals surface area contributed by atoms with Crippen LogP contribution in [0.25, 0.3) is 28.2 Å². The van der Waals surface area contributed by atoms with E-state index in [1.165, 1.54) is 25.7 Å². The quantitative estimate of drug-likeness (QED) is 0.508. The first-order valence-corrected chi connectivity index (χ1v) is 10.2. The first-order chi connectivity index (χ1) is 14.3. The van der Waals surface area contributed by atoms with E-state index >= 15 is 0 Å². The summed E-state index contributed by atoms with van der Waals surface area (Å²) < 4.78 is 7.80. The molecule has 4 aromatic heterocycles. The second kappa shape index (κ2) is 6.34. The van der Waals surface area contributed by atoms with E-state index in [1.807, 2.05) is 29.8 Å². The second-order valence-electron chi connectivity index (χ2n) is 7.97. The maximum Gasteiger partial charge on any atom is 0.223 e. The third-order valence-corrected chi connectivity index (χ3v) is 5.49. The van der Waals surface area contributed by atoms with E-state index in [-0.39, 0.29) is 0 Å². The van der Waals surface area contributed by atoms with Gasteiger partial charge in [-0.2, -0.15) is 5.10 Å². The predicted molar refractivity (Wildman–Crippen MR) is 112 cm³/mol. The van der Waals surface area contributed by atoms with Gasteiger partial charge in [0, 0.05) is 18.3 Å². The SMILES string of the molecule is Cc1ccoc1-c1nn2c(NC3CC3)cccc2c1-c1ccnc(NC2CC2)n1. The van der Waals surface area contributed by atoms with Crippen LogP contribution in [0.2, 0.25) is 0 Å². The molecule has 7 heteroatoms. The number of anilines is 2. The number of aryl methyl sites for hydroxylation is 1. The summed E-state index contributed by atoms with van der Waals surface area (Å²) in [4.78, 5) is 9.21. The molecular weight excluding hydrogens is 364 g/mol. The lowest BCUT2D eigenvalue weighted by atomic mass is 10.1. The Kier molecular flexibility index (Phi) is 3.62. The van der Waals surface area contributed by atoms with Crippen molar-refractivity contribution in [2.24, 2.45) is 0 Å². The molecule has 0 aliphatic heterocycles. The van der Waals surface area contributed by atoms with Crippen molar-refractivity contribution in [3.05, 3.63) is 48.4 Å². The highest BCUT2D eigenvalue weighted by Gasteiger charge is 2.26. The number of hydrogen-bond acceptors (Lipinski definition) is 6. The van der Waals surface area contributed by atoms with Gasteiger partial charge in [-0.05, 0) is 62.4 Å². The van der Waals surface area contributed by atoms with Gasteiger partial charge in [-0.15, -0.1) is 0 Å². The largest absolute Gasteiger partial charge is 0.462 e. The fourth-order valence-electron chi connectivity index (χ4n) is 3.62. The van der Waals surface area contributed by atoms with Gasteiger partial charge in [-0.1, -0.05) is 6.07 Å². The van der Waals surface area contributed by atoms with Crippen LogP contribution in [0.3, 0.4) is 0 Å². The van der Waals surface area contributed by atoms with Gasteiger partial charge >= 0.3 is 0 Å². The molecule has 2 saturated carbocycles. The molecule has 0 saturated heterocycles. The molecule has 0 atom stereocenters. The van der Waals surface area contributed by atoms with Crippen LogP contribution in [-0.4, -0.2) is 31.7 Å². The van der Waals surface area contributed by atoms with E-state index in [1.54, 1.807) is 6.26 Å². The summed E-state index contributed by atoms with van der Waals surface area (Å²) in [5, 5.41) is 11.9. The molecule has 4 heterocycles. The molecule has 0 radical (unpaired) electrons. The first-order valence-electron chi connectivity index (χ1n) is 10.2. The Labute approximate surface area is 168 Å². The fraction of sp³-hybridized carbons (Fsp3) is 0.318. The Morgan fingerprint density at radius 2 is 1.86 bits per heavy atom. The smallest absolute Gasteiger partial charge is 0.223 e. The molecule has 0 spiro atoms. The van der Waals surface area contributed by atoms with Gasteiger partial charge in [0.2, 0.25) is 5.95 Å². The summed E-state index contributed by atoms with van der Waals surface area (Å²) in [6.07, 6.45) is 8.28. The number of fused-ring (bicyclic) bond motifs is 1. The third-order valence-electron chi connectivity index (χ3n) is 5.49. The summed E-state index contributed by atoms with van der Waals surface area (Å²) in [6.45, 7) is 2.04. The van der Waals surface area contributed by atoms with Crippen molar-refractivity contribution < 1.29 is 4.42 Å². The number of aromatic nitrogens is 4. The van der Waals surface area contributed by atoms with Crippen molar-refractivity contribution in [3.8, 4) is 22.7 Å². The Balaban J connectivity index is 1.56. The van der Waals surface area contributed by atoms with E-state index in [2.05, 4.69) is 33.8 Å². The van der Waals surface area contributed by atoms with Crippen LogP contribution >= 0.6 is 0 Å². The van der Waals surface area contributed by atoms with E-state index in [4.69, 9.17) is 14.5 Å². The zero-order chi connectivity index (χ0) is 19.4. The third kappa shape index (κ3) is 3.03. The van der Waals surface area contributed by atoms with E-state index in [0.29, 0.717) is 18.0 Å². The van der Waals surface area contributed by atoms with E-state index < -0.39 is 0 Å². The lowest BCUT2D eigenvalue weighted by Gasteiger charge is -2.08. The molecule has 6 rings (SSSR count). The van der Waals surface area contributed by atoms with Gasteiger partial charge in [0.1, 0.15) is 11.5 Å². The molecule has 2 aliphatic rings. The van der Waals surface area contributed by atoms with Crippen LogP contribution in [0.4, 0.5) is 11.8 Å². The molecule has 146 valence electrons. The molecule has 29 heavy (non-hydrogen) atoms. The summed E-state index contributed by atoms with van der Waals surface area (Å²) in [5.74, 6) is 2.43. The van der Waals surface area contributed by atoms with Crippen molar-refractivity contribution in [1.29, 1.82) is 0 Å². The number of pyridine rings is 1. The molecule has 0 bridgehead atoms. The molecule has 2 aliphatic carbocycles. The number of rotatable bonds is 6. The molecule has 0 unspecified atom stereocenters. The molecule has 2 N–H and O–H groups in total. The zero-order valence-corrected chi connectivity index (χ0v) is 16.2. The highest BCUT2D eigenvalue weighted by atomic mass is 16.3. The highest BCUT2D eigenvalue weighted by molar-refractivity contribution is 5.91.